The molecule has 20 nitrogen and oxygen atoms in total. The molecule has 1 aromatic heterocycles. The van der Waals surface area contributed by atoms with E-state index in [1.54, 1.807) is 0 Å². The lowest BCUT2D eigenvalue weighted by Crippen LogP contribution is -2.62. The molecular weight excluding hydrogens is 524 g/mol. The number of ether oxygens (including phenoxy) is 5. The van der Waals surface area contributed by atoms with Crippen LogP contribution in [-0.2, 0) is 23.7 Å². The third-order valence-electron chi connectivity index (χ3n) is 5.25. The van der Waals surface area contributed by atoms with Gasteiger partial charge in [-0.2, -0.15) is 15.0 Å². The monoisotopic (exact) mass is 556 g/mol. The van der Waals surface area contributed by atoms with Crippen molar-refractivity contribution in [2.75, 3.05) is 50.2 Å². The van der Waals surface area contributed by atoms with E-state index in [2.05, 4.69) is 24.4 Å². The van der Waals surface area contributed by atoms with Gasteiger partial charge in [-0.25, -0.2) is 4.79 Å². The summed E-state index contributed by atoms with van der Waals surface area (Å²) in [5.41, 5.74) is 15.4. The molecule has 0 bridgehead atoms. The fraction of sp³-hybridized carbons (Fsp3) is 0.778. The highest BCUT2D eigenvalue weighted by Crippen LogP contribution is 2.36. The van der Waals surface area contributed by atoms with Crippen molar-refractivity contribution in [1.29, 1.82) is 0 Å². The van der Waals surface area contributed by atoms with E-state index in [1.165, 1.54) is 0 Å². The van der Waals surface area contributed by atoms with Crippen molar-refractivity contribution in [2.24, 2.45) is 0 Å². The highest BCUT2D eigenvalue weighted by atomic mass is 16.8. The second kappa shape index (κ2) is 13.9. The van der Waals surface area contributed by atoms with Crippen LogP contribution in [0.3, 0.4) is 0 Å². The molecule has 0 saturated carbocycles. The van der Waals surface area contributed by atoms with Crippen LogP contribution in [0.1, 0.15) is 0 Å². The zero-order valence-electron chi connectivity index (χ0n) is 19.8. The maximum atomic E-state index is 11.3. The number of nitrogen functional groups attached to an aromatic ring is 3. The molecule has 0 radical (unpaired) electrons. The maximum absolute atomic E-state index is 11.3. The van der Waals surface area contributed by atoms with Gasteiger partial charge in [0, 0.05) is 0 Å². The van der Waals surface area contributed by atoms with Gasteiger partial charge in [0.2, 0.25) is 23.6 Å². The van der Waals surface area contributed by atoms with Crippen molar-refractivity contribution in [1.82, 2.24) is 15.0 Å². The van der Waals surface area contributed by atoms with Crippen LogP contribution in [0.15, 0.2) is 0 Å². The van der Waals surface area contributed by atoms with Gasteiger partial charge in [0.05, 0.1) is 13.2 Å². The largest absolute Gasteiger partial charge is 0.508 e. The molecular formula is C18H32N6O14. The molecule has 0 aliphatic carbocycles. The molecule has 9 atom stereocenters. The highest BCUT2D eigenvalue weighted by molar-refractivity contribution is 5.59. The van der Waals surface area contributed by atoms with Gasteiger partial charge in [-0.1, -0.05) is 0 Å². The average Bonchev–Trinajstić information content (AvgIpc) is 3.11. The SMILES string of the molecule is Nc1nc(N)nc(N)n1.O=C(OCCO)OC[C@H]1O[C@H](O[C@]2(CO)O[C@H](CO)[C@@H](O)[C@@H]2O)[C@H](O)[C@@H](O)[C@@H]1O. The quantitative estimate of drug-likeness (QED) is 0.132. The average molecular weight is 556 g/mol. The molecule has 3 rings (SSSR count). The standard InChI is InChI=1S/C15H26O14.C3H6N6/c16-1-2-25-14(24)26-4-7-8(19)10(21)11(22)13(27-7)29-15(5-18)12(23)9(20)6(3-17)28-15;4-1-7-2(5)9-3(6)8-1/h6-13,16-23H,1-5H2;(H6,4,5,6,7,8,9)/t6-,7-,8-,9-,10+,11-,12+,13-,15+;/m1./s1. The van der Waals surface area contributed by atoms with Crippen LogP contribution in [-0.4, -0.2) is 150 Å². The Balaban J connectivity index is 0.000000474. The highest BCUT2D eigenvalue weighted by Gasteiger charge is 2.58. The number of carbonyl (C=O) groups excluding carboxylic acids is 1. The zero-order valence-corrected chi connectivity index (χ0v) is 19.8. The van der Waals surface area contributed by atoms with Gasteiger partial charge in [0.25, 0.3) is 0 Å². The Morgan fingerprint density at radius 2 is 1.42 bits per heavy atom. The van der Waals surface area contributed by atoms with Crippen LogP contribution in [0, 0.1) is 0 Å². The molecule has 0 aromatic carbocycles. The third kappa shape index (κ3) is 7.64. The second-order valence-electron chi connectivity index (χ2n) is 7.92. The zero-order chi connectivity index (χ0) is 28.6. The lowest BCUT2D eigenvalue weighted by molar-refractivity contribution is -0.383. The summed E-state index contributed by atoms with van der Waals surface area (Å²) >= 11 is 0. The first-order valence-corrected chi connectivity index (χ1v) is 10.9. The molecule has 0 amide bonds. The molecule has 38 heavy (non-hydrogen) atoms. The predicted octanol–water partition coefficient (Wildman–Crippen LogP) is -6.62. The number of hydrogen-bond acceptors (Lipinski definition) is 20. The molecule has 0 spiro atoms. The molecule has 2 aliphatic heterocycles. The third-order valence-corrected chi connectivity index (χ3v) is 5.25. The van der Waals surface area contributed by atoms with E-state index in [9.17, 15) is 40.5 Å². The van der Waals surface area contributed by atoms with E-state index in [0.717, 1.165) is 0 Å². The van der Waals surface area contributed by atoms with Crippen LogP contribution in [0.4, 0.5) is 22.6 Å². The first-order chi connectivity index (χ1) is 17.9. The van der Waals surface area contributed by atoms with Crippen molar-refractivity contribution in [3.63, 3.8) is 0 Å². The Bertz CT molecular complexity index is 853. The van der Waals surface area contributed by atoms with Gasteiger partial charge < -0.3 is 81.7 Å². The van der Waals surface area contributed by atoms with E-state index in [0.29, 0.717) is 0 Å². The van der Waals surface area contributed by atoms with Crippen molar-refractivity contribution >= 4 is 24.0 Å². The molecule has 14 N–H and O–H groups in total. The number of aromatic nitrogens is 3. The van der Waals surface area contributed by atoms with E-state index in [1.807, 2.05) is 0 Å². The van der Waals surface area contributed by atoms with Gasteiger partial charge >= 0.3 is 6.16 Å². The van der Waals surface area contributed by atoms with Gasteiger partial charge in [0.15, 0.2) is 6.29 Å². The fourth-order valence-electron chi connectivity index (χ4n) is 3.37. The van der Waals surface area contributed by atoms with E-state index in [4.69, 9.17) is 36.5 Å². The van der Waals surface area contributed by atoms with Crippen LogP contribution in [0.25, 0.3) is 0 Å². The number of aliphatic hydroxyl groups excluding tert-OH is 8. The van der Waals surface area contributed by atoms with Crippen molar-refractivity contribution in [3.8, 4) is 0 Å². The van der Waals surface area contributed by atoms with Gasteiger partial charge in [-0.3, -0.25) is 0 Å². The summed E-state index contributed by atoms with van der Waals surface area (Å²) in [5.74, 6) is -2.19. The number of hydrogen-bond donors (Lipinski definition) is 11. The molecule has 1 aromatic rings. The minimum Gasteiger partial charge on any atom is -0.432 e. The fourth-order valence-corrected chi connectivity index (χ4v) is 3.37. The summed E-state index contributed by atoms with van der Waals surface area (Å²) in [7, 11) is 0. The lowest BCUT2D eigenvalue weighted by Gasteiger charge is -2.43. The molecule has 2 aliphatic rings. The molecule has 2 saturated heterocycles. The second-order valence-corrected chi connectivity index (χ2v) is 7.92. The van der Waals surface area contributed by atoms with E-state index >= 15 is 0 Å². The van der Waals surface area contributed by atoms with Crippen LogP contribution < -0.4 is 17.2 Å². The summed E-state index contributed by atoms with van der Waals surface area (Å²) in [6.07, 6.45) is -14.7. The van der Waals surface area contributed by atoms with Crippen LogP contribution in [0.2, 0.25) is 0 Å². The molecule has 20 heteroatoms. The number of anilines is 3. The summed E-state index contributed by atoms with van der Waals surface area (Å²) < 4.78 is 24.9. The number of nitrogens with two attached hydrogens (primary N) is 3. The van der Waals surface area contributed by atoms with Gasteiger partial charge in [0.1, 0.15) is 62.5 Å². The number of aliphatic hydroxyl groups is 8. The first kappa shape index (κ1) is 31.5. The molecule has 218 valence electrons. The minimum absolute atomic E-state index is 0.0417. The Morgan fingerprint density at radius 1 is 0.842 bits per heavy atom. The summed E-state index contributed by atoms with van der Waals surface area (Å²) in [5, 5.41) is 77.5. The van der Waals surface area contributed by atoms with Crippen molar-refractivity contribution < 1.29 is 69.3 Å². The van der Waals surface area contributed by atoms with E-state index in [-0.39, 0.29) is 24.5 Å². The Hall–Kier alpha value is -2.76. The summed E-state index contributed by atoms with van der Waals surface area (Å²) in [6, 6.07) is 0. The first-order valence-electron chi connectivity index (χ1n) is 10.9. The lowest BCUT2D eigenvalue weighted by atomic mass is 9.99. The number of carbonyl (C=O) groups is 1. The van der Waals surface area contributed by atoms with Crippen molar-refractivity contribution in [2.45, 2.75) is 54.8 Å². The Labute approximate surface area is 214 Å². The normalized spacial score (nSPS) is 34.7. The van der Waals surface area contributed by atoms with Crippen LogP contribution >= 0.6 is 0 Å². The van der Waals surface area contributed by atoms with Crippen molar-refractivity contribution in [3.05, 3.63) is 0 Å². The topological polar surface area (TPSA) is 342 Å². The smallest absolute Gasteiger partial charge is 0.432 e. The van der Waals surface area contributed by atoms with E-state index < -0.39 is 87.4 Å². The molecule has 0 unspecified atom stereocenters. The minimum atomic E-state index is -2.31. The Morgan fingerprint density at radius 3 is 1.89 bits per heavy atom. The Kier molecular flexibility index (Phi) is 11.5. The van der Waals surface area contributed by atoms with Gasteiger partial charge in [-0.05, 0) is 0 Å². The molecule has 2 fully saturated rings. The molecule has 3 heterocycles. The van der Waals surface area contributed by atoms with Gasteiger partial charge in [-0.15, -0.1) is 0 Å². The predicted molar refractivity (Wildman–Crippen MR) is 119 cm³/mol. The summed E-state index contributed by atoms with van der Waals surface area (Å²) in [4.78, 5) is 21.8. The summed E-state index contributed by atoms with van der Waals surface area (Å²) in [6.45, 7) is -3.16. The van der Waals surface area contributed by atoms with Crippen LogP contribution in [0.5, 0.6) is 0 Å². The number of nitrogens with zero attached hydrogens (tertiary/aromatic N) is 3. The maximum Gasteiger partial charge on any atom is 0.508 e. The number of rotatable bonds is 8.